The van der Waals surface area contributed by atoms with Gasteiger partial charge in [0.15, 0.2) is 0 Å². The van der Waals surface area contributed by atoms with Gasteiger partial charge < -0.3 is 10.2 Å². The predicted molar refractivity (Wildman–Crippen MR) is 65.8 cm³/mol. The van der Waals surface area contributed by atoms with Gasteiger partial charge in [-0.3, -0.25) is 0 Å². The molecule has 0 aliphatic carbocycles. The van der Waals surface area contributed by atoms with E-state index < -0.39 is 0 Å². The van der Waals surface area contributed by atoms with Crippen molar-refractivity contribution in [3.63, 3.8) is 0 Å². The van der Waals surface area contributed by atoms with Crippen molar-refractivity contribution in [3.05, 3.63) is 17.4 Å². The molecule has 1 aromatic rings. The number of piperidine rings is 1. The van der Waals surface area contributed by atoms with Gasteiger partial charge in [0.05, 0.1) is 17.4 Å². The van der Waals surface area contributed by atoms with Crippen molar-refractivity contribution in [3.8, 4) is 0 Å². The molecule has 2 rings (SSSR count). The molecular weight excluding hydrogens is 224 g/mol. The van der Waals surface area contributed by atoms with Gasteiger partial charge in [0.25, 0.3) is 0 Å². The lowest BCUT2D eigenvalue weighted by Gasteiger charge is -2.28. The number of hydrogen-bond acceptors (Lipinski definition) is 4. The summed E-state index contributed by atoms with van der Waals surface area (Å²) in [6, 6.07) is 0. The molecule has 0 aromatic carbocycles. The lowest BCUT2D eigenvalue weighted by Crippen LogP contribution is -2.33. The first-order valence-corrected chi connectivity index (χ1v) is 6.02. The van der Waals surface area contributed by atoms with E-state index in [-0.39, 0.29) is 0 Å². The lowest BCUT2D eigenvalue weighted by molar-refractivity contribution is 0.226. The maximum atomic E-state index is 5.72. The van der Waals surface area contributed by atoms with Crippen LogP contribution in [0.1, 0.15) is 12.8 Å². The van der Waals surface area contributed by atoms with Crippen LogP contribution < -0.4 is 5.32 Å². The van der Waals surface area contributed by atoms with Crippen molar-refractivity contribution in [1.82, 2.24) is 14.9 Å². The summed E-state index contributed by atoms with van der Waals surface area (Å²) in [6.07, 6.45) is 5.73. The first kappa shape index (κ1) is 11.6. The molecule has 16 heavy (non-hydrogen) atoms. The molecule has 1 saturated heterocycles. The second kappa shape index (κ2) is 5.46. The van der Waals surface area contributed by atoms with E-state index in [1.165, 1.54) is 25.9 Å². The quantitative estimate of drug-likeness (QED) is 0.876. The van der Waals surface area contributed by atoms with Gasteiger partial charge >= 0.3 is 0 Å². The monoisotopic (exact) mass is 240 g/mol. The van der Waals surface area contributed by atoms with Crippen LogP contribution in [0.25, 0.3) is 0 Å². The Morgan fingerprint density at radius 1 is 1.38 bits per heavy atom. The molecule has 1 N–H and O–H groups in total. The smallest absolute Gasteiger partial charge is 0.222 e. The third-order valence-electron chi connectivity index (χ3n) is 3.01. The molecule has 0 radical (unpaired) electrons. The number of anilines is 1. The molecule has 1 aliphatic heterocycles. The average molecular weight is 241 g/mol. The van der Waals surface area contributed by atoms with Gasteiger partial charge in [0.1, 0.15) is 0 Å². The normalized spacial score (nSPS) is 18.6. The summed E-state index contributed by atoms with van der Waals surface area (Å²) in [7, 11) is 2.17. The summed E-state index contributed by atoms with van der Waals surface area (Å²) in [4.78, 5) is 10.6. The van der Waals surface area contributed by atoms with E-state index in [9.17, 15) is 0 Å². The van der Waals surface area contributed by atoms with Gasteiger partial charge in [-0.2, -0.15) is 0 Å². The van der Waals surface area contributed by atoms with E-state index in [1.54, 1.807) is 12.4 Å². The van der Waals surface area contributed by atoms with E-state index in [4.69, 9.17) is 11.6 Å². The summed E-state index contributed by atoms with van der Waals surface area (Å²) < 4.78 is 0. The van der Waals surface area contributed by atoms with E-state index >= 15 is 0 Å². The summed E-state index contributed by atoms with van der Waals surface area (Å²) in [5.41, 5.74) is 0. The molecule has 5 heteroatoms. The molecule has 1 aliphatic rings. The Morgan fingerprint density at radius 2 is 2.00 bits per heavy atom. The van der Waals surface area contributed by atoms with Crippen LogP contribution >= 0.6 is 11.6 Å². The van der Waals surface area contributed by atoms with Crippen LogP contribution in [-0.4, -0.2) is 41.5 Å². The summed E-state index contributed by atoms with van der Waals surface area (Å²) in [5, 5.41) is 3.83. The highest BCUT2D eigenvalue weighted by molar-refractivity contribution is 6.30. The van der Waals surface area contributed by atoms with E-state index in [0.717, 1.165) is 12.5 Å². The molecule has 0 unspecified atom stereocenters. The second-order valence-electron chi connectivity index (χ2n) is 4.35. The number of nitrogens with zero attached hydrogens (tertiary/aromatic N) is 3. The van der Waals surface area contributed by atoms with Crippen molar-refractivity contribution in [2.45, 2.75) is 12.8 Å². The minimum absolute atomic E-state index is 0.574. The van der Waals surface area contributed by atoms with Gasteiger partial charge in [0, 0.05) is 6.54 Å². The number of nitrogens with one attached hydrogen (secondary N) is 1. The van der Waals surface area contributed by atoms with Crippen molar-refractivity contribution in [1.29, 1.82) is 0 Å². The van der Waals surface area contributed by atoms with Crippen LogP contribution in [0.3, 0.4) is 0 Å². The van der Waals surface area contributed by atoms with Gasteiger partial charge in [-0.15, -0.1) is 0 Å². The minimum atomic E-state index is 0.574. The number of hydrogen-bond donors (Lipinski definition) is 1. The van der Waals surface area contributed by atoms with Crippen LogP contribution in [-0.2, 0) is 0 Å². The first-order chi connectivity index (χ1) is 7.74. The zero-order valence-electron chi connectivity index (χ0n) is 9.49. The van der Waals surface area contributed by atoms with E-state index in [0.29, 0.717) is 11.0 Å². The highest BCUT2D eigenvalue weighted by Crippen LogP contribution is 2.16. The van der Waals surface area contributed by atoms with Crippen molar-refractivity contribution in [2.24, 2.45) is 5.92 Å². The molecule has 0 spiro atoms. The summed E-state index contributed by atoms with van der Waals surface area (Å²) in [6.45, 7) is 3.33. The zero-order valence-corrected chi connectivity index (χ0v) is 10.2. The van der Waals surface area contributed by atoms with Crippen molar-refractivity contribution < 1.29 is 0 Å². The standard InChI is InChI=1S/C11H17ClN4/c1-16-4-2-9(3-5-16)6-13-11-14-7-10(12)8-15-11/h7-9H,2-6H2,1H3,(H,13,14,15). The Labute approximate surface area is 101 Å². The molecule has 2 heterocycles. The van der Waals surface area contributed by atoms with Crippen molar-refractivity contribution in [2.75, 3.05) is 32.0 Å². The molecule has 0 saturated carbocycles. The van der Waals surface area contributed by atoms with Crippen LogP contribution in [0.4, 0.5) is 5.95 Å². The van der Waals surface area contributed by atoms with Crippen molar-refractivity contribution >= 4 is 17.5 Å². The Balaban J connectivity index is 1.77. The van der Waals surface area contributed by atoms with Crippen LogP contribution in [0.2, 0.25) is 5.02 Å². The predicted octanol–water partition coefficient (Wildman–Crippen LogP) is 1.88. The maximum Gasteiger partial charge on any atom is 0.222 e. The molecule has 1 aromatic heterocycles. The number of halogens is 1. The number of aromatic nitrogens is 2. The summed E-state index contributed by atoms with van der Waals surface area (Å²) >= 11 is 5.72. The Morgan fingerprint density at radius 3 is 2.62 bits per heavy atom. The third kappa shape index (κ3) is 3.32. The van der Waals surface area contributed by atoms with Gasteiger partial charge in [-0.05, 0) is 38.9 Å². The topological polar surface area (TPSA) is 41.0 Å². The van der Waals surface area contributed by atoms with Gasteiger partial charge in [-0.1, -0.05) is 11.6 Å². The Bertz CT molecular complexity index is 319. The van der Waals surface area contributed by atoms with E-state index in [1.807, 2.05) is 0 Å². The molecule has 0 bridgehead atoms. The fourth-order valence-corrected chi connectivity index (χ4v) is 2.00. The number of rotatable bonds is 3. The molecule has 0 amide bonds. The largest absolute Gasteiger partial charge is 0.354 e. The molecule has 4 nitrogen and oxygen atoms in total. The highest BCUT2D eigenvalue weighted by Gasteiger charge is 2.16. The first-order valence-electron chi connectivity index (χ1n) is 5.64. The Hall–Kier alpha value is -0.870. The number of likely N-dealkylation sites (tertiary alicyclic amines) is 1. The average Bonchev–Trinajstić information content (AvgIpc) is 2.30. The van der Waals surface area contributed by atoms with Gasteiger partial charge in [-0.25, -0.2) is 9.97 Å². The lowest BCUT2D eigenvalue weighted by atomic mass is 9.97. The maximum absolute atomic E-state index is 5.72. The fraction of sp³-hybridized carbons (Fsp3) is 0.636. The zero-order chi connectivity index (χ0) is 11.4. The Kier molecular flexibility index (Phi) is 3.96. The molecule has 1 fully saturated rings. The van der Waals surface area contributed by atoms with Crippen LogP contribution in [0, 0.1) is 5.92 Å². The third-order valence-corrected chi connectivity index (χ3v) is 3.20. The highest BCUT2D eigenvalue weighted by atomic mass is 35.5. The van der Waals surface area contributed by atoms with Crippen LogP contribution in [0.5, 0.6) is 0 Å². The SMILES string of the molecule is CN1CCC(CNc2ncc(Cl)cn2)CC1. The molecule has 88 valence electrons. The van der Waals surface area contributed by atoms with E-state index in [2.05, 4.69) is 27.2 Å². The second-order valence-corrected chi connectivity index (χ2v) is 4.79. The van der Waals surface area contributed by atoms with Crippen LogP contribution in [0.15, 0.2) is 12.4 Å². The van der Waals surface area contributed by atoms with Gasteiger partial charge in [0.2, 0.25) is 5.95 Å². The molecular formula is C11H17ClN4. The fourth-order valence-electron chi connectivity index (χ4n) is 1.91. The molecule has 0 atom stereocenters. The minimum Gasteiger partial charge on any atom is -0.354 e. The summed E-state index contributed by atoms with van der Waals surface area (Å²) in [5.74, 6) is 1.40.